The minimum Gasteiger partial charge on any atom is -0.395 e. The number of nitrogens with zero attached hydrogens (tertiary/aromatic N) is 3. The molecule has 10 nitrogen and oxygen atoms in total. The summed E-state index contributed by atoms with van der Waals surface area (Å²) >= 11 is 0. The summed E-state index contributed by atoms with van der Waals surface area (Å²) in [6, 6.07) is 13.2. The van der Waals surface area contributed by atoms with E-state index in [4.69, 9.17) is 5.11 Å². The van der Waals surface area contributed by atoms with Gasteiger partial charge in [-0.15, -0.1) is 0 Å². The van der Waals surface area contributed by atoms with Crippen molar-refractivity contribution >= 4 is 36.9 Å². The van der Waals surface area contributed by atoms with Gasteiger partial charge in [-0.3, -0.25) is 9.78 Å². The Hall–Kier alpha value is -2.90. The van der Waals surface area contributed by atoms with E-state index in [9.17, 15) is 21.6 Å². The number of aliphatic hydroxyl groups is 1. The maximum Gasteiger partial charge on any atom is 0.243 e. The van der Waals surface area contributed by atoms with Crippen LogP contribution in [0.15, 0.2) is 70.6 Å². The summed E-state index contributed by atoms with van der Waals surface area (Å²) in [5, 5.41) is 12.3. The van der Waals surface area contributed by atoms with E-state index in [1.54, 1.807) is 36.5 Å². The zero-order chi connectivity index (χ0) is 27.7. The fourth-order valence-corrected chi connectivity index (χ4v) is 7.43. The first-order valence-electron chi connectivity index (χ1n) is 12.2. The fourth-order valence-electron chi connectivity index (χ4n) is 4.38. The average Bonchev–Trinajstić information content (AvgIpc) is 2.90. The summed E-state index contributed by atoms with van der Waals surface area (Å²) in [7, 11) is -8.17. The summed E-state index contributed by atoms with van der Waals surface area (Å²) in [4.78, 5) is 17.3. The standard InChI is InChI=1S/C26H32N4O6S2/c1-26(2,3)20-6-8-21(9-7-20)37(33,34)29-14-15-30(24(18-29)25(32)28-13-16-31)38(35,36)22-10-11-23-19(17-22)5-4-12-27-23/h4-12,17,24,31H,13-16,18H2,1-3H3,(H,28,32)/t24-/m1/s1. The first kappa shape index (κ1) is 28.1. The zero-order valence-corrected chi connectivity index (χ0v) is 23.2. The number of hydrogen-bond acceptors (Lipinski definition) is 7. The maximum atomic E-state index is 13.7. The molecule has 204 valence electrons. The molecule has 1 aromatic heterocycles. The number of amides is 1. The third-order valence-corrected chi connectivity index (χ3v) is 10.3. The lowest BCUT2D eigenvalue weighted by molar-refractivity contribution is -0.126. The normalized spacial score (nSPS) is 17.9. The van der Waals surface area contributed by atoms with Crippen molar-refractivity contribution in [1.82, 2.24) is 18.9 Å². The van der Waals surface area contributed by atoms with Gasteiger partial charge < -0.3 is 10.4 Å². The number of aromatic nitrogens is 1. The second-order valence-electron chi connectivity index (χ2n) is 10.1. The molecule has 1 fully saturated rings. The van der Waals surface area contributed by atoms with Crippen LogP contribution in [-0.4, -0.2) is 80.3 Å². The summed E-state index contributed by atoms with van der Waals surface area (Å²) in [6.45, 7) is 4.94. The molecular weight excluding hydrogens is 528 g/mol. The molecule has 0 saturated carbocycles. The van der Waals surface area contributed by atoms with Gasteiger partial charge >= 0.3 is 0 Å². The Bertz CT molecular complexity index is 1530. The number of sulfonamides is 2. The van der Waals surface area contributed by atoms with Gasteiger partial charge in [-0.05, 0) is 47.4 Å². The number of rotatable bonds is 7. The highest BCUT2D eigenvalue weighted by molar-refractivity contribution is 7.89. The van der Waals surface area contributed by atoms with Crippen LogP contribution < -0.4 is 5.32 Å². The van der Waals surface area contributed by atoms with Gasteiger partial charge in [-0.1, -0.05) is 39.0 Å². The van der Waals surface area contributed by atoms with E-state index in [0.717, 1.165) is 14.2 Å². The Morgan fingerprint density at radius 2 is 1.68 bits per heavy atom. The monoisotopic (exact) mass is 560 g/mol. The topological polar surface area (TPSA) is 137 Å². The van der Waals surface area contributed by atoms with E-state index in [2.05, 4.69) is 10.3 Å². The summed E-state index contributed by atoms with van der Waals surface area (Å²) < 4.78 is 56.5. The second kappa shape index (κ2) is 10.7. The Labute approximate surface area is 223 Å². The Kier molecular flexibility index (Phi) is 7.91. The van der Waals surface area contributed by atoms with E-state index in [1.807, 2.05) is 20.8 Å². The number of nitrogens with one attached hydrogen (secondary N) is 1. The first-order chi connectivity index (χ1) is 17.9. The van der Waals surface area contributed by atoms with Crippen LogP contribution in [-0.2, 0) is 30.3 Å². The molecule has 3 aromatic rings. The molecule has 4 rings (SSSR count). The Balaban J connectivity index is 1.66. The van der Waals surface area contributed by atoms with E-state index in [-0.39, 0.29) is 48.0 Å². The fraction of sp³-hybridized carbons (Fsp3) is 0.385. The van der Waals surface area contributed by atoms with Crippen molar-refractivity contribution in [3.63, 3.8) is 0 Å². The van der Waals surface area contributed by atoms with E-state index in [1.165, 1.54) is 24.3 Å². The van der Waals surface area contributed by atoms with Crippen molar-refractivity contribution in [3.8, 4) is 0 Å². The van der Waals surface area contributed by atoms with Gasteiger partial charge in [-0.25, -0.2) is 16.8 Å². The van der Waals surface area contributed by atoms with Gasteiger partial charge in [0.25, 0.3) is 0 Å². The van der Waals surface area contributed by atoms with Crippen molar-refractivity contribution in [2.24, 2.45) is 0 Å². The quantitative estimate of drug-likeness (QED) is 0.449. The average molecular weight is 561 g/mol. The lowest BCUT2D eigenvalue weighted by atomic mass is 9.87. The maximum absolute atomic E-state index is 13.7. The third kappa shape index (κ3) is 5.59. The van der Waals surface area contributed by atoms with Crippen molar-refractivity contribution in [2.75, 3.05) is 32.8 Å². The number of pyridine rings is 1. The Morgan fingerprint density at radius 3 is 2.34 bits per heavy atom. The van der Waals surface area contributed by atoms with Crippen LogP contribution in [0.3, 0.4) is 0 Å². The molecule has 2 heterocycles. The molecule has 12 heteroatoms. The Morgan fingerprint density at radius 1 is 1.00 bits per heavy atom. The molecule has 0 aliphatic carbocycles. The number of hydrogen-bond donors (Lipinski definition) is 2. The van der Waals surface area contributed by atoms with Gasteiger partial charge in [0.15, 0.2) is 0 Å². The van der Waals surface area contributed by atoms with Crippen LogP contribution in [0, 0.1) is 0 Å². The molecule has 0 bridgehead atoms. The molecular formula is C26H32N4O6S2. The van der Waals surface area contributed by atoms with Gasteiger partial charge in [0.1, 0.15) is 6.04 Å². The van der Waals surface area contributed by atoms with Crippen LogP contribution in [0.5, 0.6) is 0 Å². The third-order valence-electron chi connectivity index (χ3n) is 6.55. The predicted molar refractivity (Wildman–Crippen MR) is 143 cm³/mol. The van der Waals surface area contributed by atoms with Crippen LogP contribution in [0.2, 0.25) is 0 Å². The molecule has 1 aliphatic heterocycles. The SMILES string of the molecule is CC(C)(C)c1ccc(S(=O)(=O)N2CCN(S(=O)(=O)c3ccc4ncccc4c3)[C@@H](C(=O)NCCO)C2)cc1. The zero-order valence-electron chi connectivity index (χ0n) is 21.5. The molecule has 1 atom stereocenters. The highest BCUT2D eigenvalue weighted by Gasteiger charge is 2.43. The van der Waals surface area contributed by atoms with Crippen LogP contribution in [0.1, 0.15) is 26.3 Å². The molecule has 2 aromatic carbocycles. The van der Waals surface area contributed by atoms with E-state index < -0.39 is 32.0 Å². The number of aliphatic hydroxyl groups excluding tert-OH is 1. The van der Waals surface area contributed by atoms with Gasteiger partial charge in [0.2, 0.25) is 26.0 Å². The molecule has 2 N–H and O–H groups in total. The lowest BCUT2D eigenvalue weighted by Gasteiger charge is -2.39. The number of carbonyl (C=O) groups excluding carboxylic acids is 1. The van der Waals surface area contributed by atoms with Crippen LogP contribution in [0.4, 0.5) is 0 Å². The minimum absolute atomic E-state index is 0.0213. The number of fused-ring (bicyclic) bond motifs is 1. The molecule has 1 amide bonds. The summed E-state index contributed by atoms with van der Waals surface area (Å²) in [6.07, 6.45) is 1.61. The van der Waals surface area contributed by atoms with Crippen molar-refractivity contribution in [3.05, 3.63) is 66.4 Å². The minimum atomic E-state index is -4.17. The lowest BCUT2D eigenvalue weighted by Crippen LogP contribution is -2.61. The molecule has 0 unspecified atom stereocenters. The highest BCUT2D eigenvalue weighted by Crippen LogP contribution is 2.28. The van der Waals surface area contributed by atoms with Gasteiger partial charge in [-0.2, -0.15) is 8.61 Å². The largest absolute Gasteiger partial charge is 0.395 e. The first-order valence-corrected chi connectivity index (χ1v) is 15.1. The predicted octanol–water partition coefficient (Wildman–Crippen LogP) is 1.70. The summed E-state index contributed by atoms with van der Waals surface area (Å²) in [5.41, 5.74) is 1.44. The number of carbonyl (C=O) groups is 1. The summed E-state index contributed by atoms with van der Waals surface area (Å²) in [5.74, 6) is -0.687. The van der Waals surface area contributed by atoms with E-state index in [0.29, 0.717) is 10.9 Å². The van der Waals surface area contributed by atoms with Gasteiger partial charge in [0.05, 0.1) is 21.9 Å². The van der Waals surface area contributed by atoms with Crippen LogP contribution in [0.25, 0.3) is 10.9 Å². The van der Waals surface area contributed by atoms with Crippen molar-refractivity contribution < 1.29 is 26.7 Å². The number of benzene rings is 2. The number of piperazine rings is 1. The molecule has 1 saturated heterocycles. The molecule has 38 heavy (non-hydrogen) atoms. The smallest absolute Gasteiger partial charge is 0.243 e. The molecule has 0 radical (unpaired) electrons. The molecule has 0 spiro atoms. The van der Waals surface area contributed by atoms with Crippen molar-refractivity contribution in [2.45, 2.75) is 42.0 Å². The molecule has 1 aliphatic rings. The highest BCUT2D eigenvalue weighted by atomic mass is 32.2. The van der Waals surface area contributed by atoms with E-state index >= 15 is 0 Å². The van der Waals surface area contributed by atoms with Crippen molar-refractivity contribution in [1.29, 1.82) is 0 Å². The van der Waals surface area contributed by atoms with Gasteiger partial charge in [0, 0.05) is 37.8 Å². The van der Waals surface area contributed by atoms with Crippen LogP contribution >= 0.6 is 0 Å². The second-order valence-corrected chi connectivity index (χ2v) is 14.0.